The van der Waals surface area contributed by atoms with Gasteiger partial charge >= 0.3 is 0 Å². The SMILES string of the molecule is CC(C)CS(=O)(=O)CCC(=O)Nc1ccc2[nH]c(=S)[nH]c2c1. The molecule has 0 aliphatic carbocycles. The van der Waals surface area contributed by atoms with Crippen LogP contribution in [0, 0.1) is 10.7 Å². The lowest BCUT2D eigenvalue weighted by Crippen LogP contribution is -2.20. The lowest BCUT2D eigenvalue weighted by atomic mass is 10.2. The van der Waals surface area contributed by atoms with Crippen LogP contribution in [0.4, 0.5) is 5.69 Å². The van der Waals surface area contributed by atoms with Gasteiger partial charge in [-0.1, -0.05) is 13.8 Å². The van der Waals surface area contributed by atoms with E-state index in [2.05, 4.69) is 15.3 Å². The van der Waals surface area contributed by atoms with Crippen LogP contribution in [0.2, 0.25) is 0 Å². The summed E-state index contributed by atoms with van der Waals surface area (Å²) in [5.74, 6) is -0.286. The smallest absolute Gasteiger partial charge is 0.225 e. The number of hydrogen-bond donors (Lipinski definition) is 3. The van der Waals surface area contributed by atoms with Gasteiger partial charge < -0.3 is 15.3 Å². The molecule has 2 aromatic rings. The van der Waals surface area contributed by atoms with Gasteiger partial charge in [-0.25, -0.2) is 8.42 Å². The zero-order valence-electron chi connectivity index (χ0n) is 12.5. The molecule has 0 bridgehead atoms. The molecular weight excluding hydrogens is 322 g/mol. The molecule has 0 aliphatic heterocycles. The number of rotatable bonds is 6. The van der Waals surface area contributed by atoms with Crippen LogP contribution in [0.5, 0.6) is 0 Å². The second kappa shape index (κ2) is 6.62. The zero-order valence-corrected chi connectivity index (χ0v) is 14.1. The van der Waals surface area contributed by atoms with Gasteiger partial charge in [0.25, 0.3) is 0 Å². The molecule has 1 aromatic carbocycles. The summed E-state index contributed by atoms with van der Waals surface area (Å²) in [6, 6.07) is 5.29. The molecule has 120 valence electrons. The summed E-state index contributed by atoms with van der Waals surface area (Å²) in [6.07, 6.45) is -0.0454. The number of aromatic nitrogens is 2. The molecule has 0 saturated heterocycles. The standard InChI is InChI=1S/C14H19N3O3S2/c1-9(2)8-22(19,20)6-5-13(18)15-10-3-4-11-12(7-10)17-14(21)16-11/h3-4,7,9H,5-6,8H2,1-2H3,(H,15,18)(H2,16,17,21). The van der Waals surface area contributed by atoms with Crippen molar-refractivity contribution in [2.45, 2.75) is 20.3 Å². The summed E-state index contributed by atoms with van der Waals surface area (Å²) < 4.78 is 24.1. The van der Waals surface area contributed by atoms with Crippen molar-refractivity contribution in [2.24, 2.45) is 5.92 Å². The molecule has 8 heteroatoms. The maximum absolute atomic E-state index is 11.9. The maximum Gasteiger partial charge on any atom is 0.225 e. The predicted octanol–water partition coefficient (Wildman–Crippen LogP) is 2.62. The number of hydrogen-bond acceptors (Lipinski definition) is 4. The molecule has 2 rings (SSSR count). The van der Waals surface area contributed by atoms with Gasteiger partial charge in [0.2, 0.25) is 5.91 Å². The largest absolute Gasteiger partial charge is 0.331 e. The lowest BCUT2D eigenvalue weighted by molar-refractivity contribution is -0.115. The Hall–Kier alpha value is -1.67. The maximum atomic E-state index is 11.9. The minimum atomic E-state index is -3.19. The van der Waals surface area contributed by atoms with Crippen LogP contribution in [0.25, 0.3) is 11.0 Å². The Bertz CT molecular complexity index is 834. The van der Waals surface area contributed by atoms with Crippen LogP contribution < -0.4 is 5.32 Å². The van der Waals surface area contributed by atoms with Crippen molar-refractivity contribution in [1.29, 1.82) is 0 Å². The van der Waals surface area contributed by atoms with Crippen LogP contribution in [0.3, 0.4) is 0 Å². The summed E-state index contributed by atoms with van der Waals surface area (Å²) >= 11 is 5.00. The summed E-state index contributed by atoms with van der Waals surface area (Å²) in [5.41, 5.74) is 2.24. The molecule has 0 unspecified atom stereocenters. The minimum Gasteiger partial charge on any atom is -0.331 e. The molecule has 0 saturated carbocycles. The summed E-state index contributed by atoms with van der Waals surface area (Å²) in [7, 11) is -3.19. The molecule has 1 heterocycles. The van der Waals surface area contributed by atoms with E-state index < -0.39 is 9.84 Å². The number of anilines is 1. The summed E-state index contributed by atoms with van der Waals surface area (Å²) in [6.45, 7) is 3.68. The fraction of sp³-hybridized carbons (Fsp3) is 0.429. The Morgan fingerprint density at radius 2 is 1.95 bits per heavy atom. The zero-order chi connectivity index (χ0) is 16.3. The van der Waals surface area contributed by atoms with Crippen LogP contribution in [0.1, 0.15) is 20.3 Å². The van der Waals surface area contributed by atoms with Gasteiger partial charge in [0, 0.05) is 12.1 Å². The third kappa shape index (κ3) is 4.67. The van der Waals surface area contributed by atoms with Gasteiger partial charge in [-0.15, -0.1) is 0 Å². The number of fused-ring (bicyclic) bond motifs is 1. The van der Waals surface area contributed by atoms with E-state index in [9.17, 15) is 13.2 Å². The first-order valence-electron chi connectivity index (χ1n) is 6.97. The van der Waals surface area contributed by atoms with E-state index in [0.29, 0.717) is 10.5 Å². The van der Waals surface area contributed by atoms with Gasteiger partial charge in [0.1, 0.15) is 0 Å². The second-order valence-electron chi connectivity index (χ2n) is 5.65. The van der Waals surface area contributed by atoms with E-state index in [-0.39, 0.29) is 29.8 Å². The molecule has 0 aliphatic rings. The topological polar surface area (TPSA) is 94.8 Å². The van der Waals surface area contributed by atoms with Crippen molar-refractivity contribution in [3.63, 3.8) is 0 Å². The molecule has 1 amide bonds. The number of carbonyl (C=O) groups excluding carboxylic acids is 1. The highest BCUT2D eigenvalue weighted by Gasteiger charge is 2.15. The number of imidazole rings is 1. The molecular formula is C14H19N3O3S2. The van der Waals surface area contributed by atoms with E-state index in [1.165, 1.54) is 0 Å². The van der Waals surface area contributed by atoms with E-state index >= 15 is 0 Å². The second-order valence-corrected chi connectivity index (χ2v) is 8.28. The van der Waals surface area contributed by atoms with Gasteiger partial charge in [-0.3, -0.25) is 4.79 Å². The highest BCUT2D eigenvalue weighted by molar-refractivity contribution is 7.91. The van der Waals surface area contributed by atoms with Crippen LogP contribution in [-0.4, -0.2) is 35.8 Å². The van der Waals surface area contributed by atoms with Gasteiger partial charge in [-0.05, 0) is 36.3 Å². The Labute approximate surface area is 134 Å². The van der Waals surface area contributed by atoms with Gasteiger partial charge in [0.15, 0.2) is 14.6 Å². The monoisotopic (exact) mass is 341 g/mol. The number of amides is 1. The van der Waals surface area contributed by atoms with E-state index in [1.54, 1.807) is 18.2 Å². The number of sulfone groups is 1. The summed E-state index contributed by atoms with van der Waals surface area (Å²) in [5, 5.41) is 2.70. The third-order valence-corrected chi connectivity index (χ3v) is 5.23. The van der Waals surface area contributed by atoms with Crippen molar-refractivity contribution in [2.75, 3.05) is 16.8 Å². The first-order chi connectivity index (χ1) is 10.2. The number of carbonyl (C=O) groups is 1. The quantitative estimate of drug-likeness (QED) is 0.704. The first-order valence-corrected chi connectivity index (χ1v) is 9.20. The van der Waals surface area contributed by atoms with E-state index in [4.69, 9.17) is 12.2 Å². The molecule has 22 heavy (non-hydrogen) atoms. The Morgan fingerprint density at radius 3 is 2.64 bits per heavy atom. The third-order valence-electron chi connectivity index (χ3n) is 3.03. The predicted molar refractivity (Wildman–Crippen MR) is 90.2 cm³/mol. The first kappa shape index (κ1) is 16.7. The van der Waals surface area contributed by atoms with Crippen molar-refractivity contribution in [3.05, 3.63) is 23.0 Å². The average Bonchev–Trinajstić information content (AvgIpc) is 2.74. The molecule has 0 fully saturated rings. The van der Waals surface area contributed by atoms with Crippen molar-refractivity contribution in [3.8, 4) is 0 Å². The van der Waals surface area contributed by atoms with E-state index in [1.807, 2.05) is 13.8 Å². The van der Waals surface area contributed by atoms with Crippen molar-refractivity contribution in [1.82, 2.24) is 9.97 Å². The Morgan fingerprint density at radius 1 is 1.27 bits per heavy atom. The average molecular weight is 341 g/mol. The van der Waals surface area contributed by atoms with Crippen LogP contribution in [0.15, 0.2) is 18.2 Å². The number of aromatic amines is 2. The van der Waals surface area contributed by atoms with Crippen LogP contribution >= 0.6 is 12.2 Å². The van der Waals surface area contributed by atoms with E-state index in [0.717, 1.165) is 11.0 Å². The normalized spacial score (nSPS) is 12.0. The number of benzene rings is 1. The molecule has 3 N–H and O–H groups in total. The highest BCUT2D eigenvalue weighted by Crippen LogP contribution is 2.16. The highest BCUT2D eigenvalue weighted by atomic mass is 32.2. The fourth-order valence-electron chi connectivity index (χ4n) is 2.17. The van der Waals surface area contributed by atoms with Crippen molar-refractivity contribution >= 4 is 44.7 Å². The fourth-order valence-corrected chi connectivity index (χ4v) is 4.07. The molecule has 0 radical (unpaired) electrons. The molecule has 1 aromatic heterocycles. The van der Waals surface area contributed by atoms with Gasteiger partial charge in [-0.2, -0.15) is 0 Å². The van der Waals surface area contributed by atoms with Crippen LogP contribution in [-0.2, 0) is 14.6 Å². The Kier molecular flexibility index (Phi) is 5.02. The Balaban J connectivity index is 1.97. The summed E-state index contributed by atoms with van der Waals surface area (Å²) in [4.78, 5) is 17.8. The van der Waals surface area contributed by atoms with Gasteiger partial charge in [0.05, 0.1) is 22.5 Å². The number of nitrogens with one attached hydrogen (secondary N) is 3. The molecule has 6 nitrogen and oxygen atoms in total. The van der Waals surface area contributed by atoms with Crippen molar-refractivity contribution < 1.29 is 13.2 Å². The number of H-pyrrole nitrogens is 2. The lowest BCUT2D eigenvalue weighted by Gasteiger charge is -2.08. The molecule has 0 atom stereocenters. The minimum absolute atomic E-state index is 0.0454. The molecule has 0 spiro atoms.